The number of anilines is 1. The molecule has 0 amide bonds. The van der Waals surface area contributed by atoms with E-state index in [0.29, 0.717) is 0 Å². The lowest BCUT2D eigenvalue weighted by Crippen LogP contribution is -2.24. The predicted molar refractivity (Wildman–Crippen MR) is 82.9 cm³/mol. The Labute approximate surface area is 119 Å². The molecule has 100 valence electrons. The molecule has 19 heavy (non-hydrogen) atoms. The standard InChI is InChI=1S/C16H20N2S/c1-18-8-2-4-14-10-13(6-7-16(14)18)11-17-12-15-5-3-9-19-15/h3,5-7,9-10,17H,2,4,8,11-12H2,1H3. The molecule has 0 atom stereocenters. The molecule has 2 nitrogen and oxygen atoms in total. The third kappa shape index (κ3) is 2.99. The third-order valence-electron chi connectivity index (χ3n) is 3.70. The lowest BCUT2D eigenvalue weighted by Gasteiger charge is -2.27. The Morgan fingerprint density at radius 3 is 3.05 bits per heavy atom. The Hall–Kier alpha value is -1.32. The van der Waals surface area contributed by atoms with Gasteiger partial charge < -0.3 is 10.2 Å². The summed E-state index contributed by atoms with van der Waals surface area (Å²) in [6.07, 6.45) is 2.49. The van der Waals surface area contributed by atoms with Gasteiger partial charge in [-0.2, -0.15) is 0 Å². The van der Waals surface area contributed by atoms with Crippen LogP contribution in [0, 0.1) is 0 Å². The second kappa shape index (κ2) is 5.76. The average molecular weight is 272 g/mol. The SMILES string of the molecule is CN1CCCc2cc(CNCc3cccs3)ccc21. The van der Waals surface area contributed by atoms with Crippen LogP contribution in [0.25, 0.3) is 0 Å². The normalized spacial score (nSPS) is 14.5. The molecule has 0 spiro atoms. The van der Waals surface area contributed by atoms with E-state index >= 15 is 0 Å². The van der Waals surface area contributed by atoms with Crippen molar-refractivity contribution in [2.75, 3.05) is 18.5 Å². The molecule has 0 bridgehead atoms. The number of benzene rings is 1. The molecule has 0 fully saturated rings. The molecule has 3 heteroatoms. The van der Waals surface area contributed by atoms with Crippen LogP contribution < -0.4 is 10.2 Å². The van der Waals surface area contributed by atoms with Gasteiger partial charge in [0, 0.05) is 37.2 Å². The molecule has 1 aliphatic rings. The molecule has 1 aromatic heterocycles. The zero-order chi connectivity index (χ0) is 13.1. The third-order valence-corrected chi connectivity index (χ3v) is 4.58. The van der Waals surface area contributed by atoms with Crippen molar-refractivity contribution in [3.05, 3.63) is 51.7 Å². The maximum absolute atomic E-state index is 3.52. The predicted octanol–water partition coefficient (Wildman–Crippen LogP) is 3.42. The lowest BCUT2D eigenvalue weighted by molar-refractivity contribution is 0.695. The molecule has 3 rings (SSSR count). The minimum Gasteiger partial charge on any atom is -0.374 e. The van der Waals surface area contributed by atoms with E-state index in [1.54, 1.807) is 0 Å². The fourth-order valence-electron chi connectivity index (χ4n) is 2.69. The number of nitrogens with one attached hydrogen (secondary N) is 1. The van der Waals surface area contributed by atoms with Gasteiger partial charge in [0.05, 0.1) is 0 Å². The topological polar surface area (TPSA) is 15.3 Å². The number of nitrogens with zero attached hydrogens (tertiary/aromatic N) is 1. The Morgan fingerprint density at radius 1 is 1.26 bits per heavy atom. The molecule has 0 radical (unpaired) electrons. The molecular weight excluding hydrogens is 252 g/mol. The van der Waals surface area contributed by atoms with Crippen LogP contribution in [0.1, 0.15) is 22.4 Å². The summed E-state index contributed by atoms with van der Waals surface area (Å²) in [6, 6.07) is 11.2. The minimum absolute atomic E-state index is 0.953. The number of thiophene rings is 1. The van der Waals surface area contributed by atoms with Crippen molar-refractivity contribution in [3.8, 4) is 0 Å². The van der Waals surface area contributed by atoms with Gasteiger partial charge in [-0.3, -0.25) is 0 Å². The number of fused-ring (bicyclic) bond motifs is 1. The van der Waals surface area contributed by atoms with Gasteiger partial charge in [0.1, 0.15) is 0 Å². The van der Waals surface area contributed by atoms with Gasteiger partial charge in [-0.05, 0) is 41.5 Å². The van der Waals surface area contributed by atoms with Crippen LogP contribution in [0.4, 0.5) is 5.69 Å². The van der Waals surface area contributed by atoms with Crippen molar-refractivity contribution in [2.24, 2.45) is 0 Å². The van der Waals surface area contributed by atoms with Crippen molar-refractivity contribution < 1.29 is 0 Å². The van der Waals surface area contributed by atoms with E-state index < -0.39 is 0 Å². The summed E-state index contributed by atoms with van der Waals surface area (Å²) in [4.78, 5) is 3.76. The highest BCUT2D eigenvalue weighted by Gasteiger charge is 2.13. The first-order valence-electron chi connectivity index (χ1n) is 6.89. The van der Waals surface area contributed by atoms with E-state index in [2.05, 4.69) is 53.0 Å². The van der Waals surface area contributed by atoms with Crippen molar-refractivity contribution in [3.63, 3.8) is 0 Å². The first-order valence-corrected chi connectivity index (χ1v) is 7.77. The molecule has 1 N–H and O–H groups in total. The van der Waals surface area contributed by atoms with Crippen LogP contribution in [-0.2, 0) is 19.5 Å². The highest BCUT2D eigenvalue weighted by Crippen LogP contribution is 2.26. The van der Waals surface area contributed by atoms with E-state index in [4.69, 9.17) is 0 Å². The summed E-state index contributed by atoms with van der Waals surface area (Å²) in [7, 11) is 2.19. The second-order valence-electron chi connectivity index (χ2n) is 5.17. The molecule has 1 aromatic carbocycles. The molecule has 0 unspecified atom stereocenters. The Morgan fingerprint density at radius 2 is 2.21 bits per heavy atom. The van der Waals surface area contributed by atoms with Gasteiger partial charge in [-0.25, -0.2) is 0 Å². The molecule has 2 aromatic rings. The summed E-state index contributed by atoms with van der Waals surface area (Å²) in [5.74, 6) is 0. The fourth-order valence-corrected chi connectivity index (χ4v) is 3.37. The smallest absolute Gasteiger partial charge is 0.0396 e. The summed E-state index contributed by atoms with van der Waals surface area (Å²) in [6.45, 7) is 3.10. The van der Waals surface area contributed by atoms with Gasteiger partial charge in [0.15, 0.2) is 0 Å². The van der Waals surface area contributed by atoms with E-state index in [-0.39, 0.29) is 0 Å². The zero-order valence-corrected chi connectivity index (χ0v) is 12.2. The van der Waals surface area contributed by atoms with Gasteiger partial charge in [0.25, 0.3) is 0 Å². The second-order valence-corrected chi connectivity index (χ2v) is 6.20. The first kappa shape index (κ1) is 12.7. The van der Waals surface area contributed by atoms with Crippen molar-refractivity contribution in [1.29, 1.82) is 0 Å². The summed E-state index contributed by atoms with van der Waals surface area (Å²) in [5.41, 5.74) is 4.31. The van der Waals surface area contributed by atoms with E-state index in [1.807, 2.05) is 11.3 Å². The number of rotatable bonds is 4. The Kier molecular flexibility index (Phi) is 3.85. The van der Waals surface area contributed by atoms with Crippen LogP contribution >= 0.6 is 11.3 Å². The maximum atomic E-state index is 3.52. The van der Waals surface area contributed by atoms with Crippen molar-refractivity contribution >= 4 is 17.0 Å². The van der Waals surface area contributed by atoms with Crippen molar-refractivity contribution in [1.82, 2.24) is 5.32 Å². The van der Waals surface area contributed by atoms with Crippen LogP contribution in [0.2, 0.25) is 0 Å². The van der Waals surface area contributed by atoms with Crippen LogP contribution in [0.5, 0.6) is 0 Å². The number of hydrogen-bond acceptors (Lipinski definition) is 3. The van der Waals surface area contributed by atoms with Gasteiger partial charge in [-0.1, -0.05) is 18.2 Å². The van der Waals surface area contributed by atoms with Gasteiger partial charge in [0.2, 0.25) is 0 Å². The molecule has 2 heterocycles. The average Bonchev–Trinajstić information content (AvgIpc) is 2.92. The summed E-state index contributed by atoms with van der Waals surface area (Å²) in [5, 5.41) is 5.65. The molecule has 0 aliphatic carbocycles. The molecule has 1 aliphatic heterocycles. The van der Waals surface area contributed by atoms with E-state index in [1.165, 1.54) is 41.1 Å². The largest absolute Gasteiger partial charge is 0.374 e. The maximum Gasteiger partial charge on any atom is 0.0396 e. The van der Waals surface area contributed by atoms with Gasteiger partial charge >= 0.3 is 0 Å². The first-order chi connectivity index (χ1) is 9.33. The quantitative estimate of drug-likeness (QED) is 0.917. The highest BCUT2D eigenvalue weighted by molar-refractivity contribution is 7.09. The number of hydrogen-bond donors (Lipinski definition) is 1. The van der Waals surface area contributed by atoms with E-state index in [0.717, 1.165) is 13.1 Å². The van der Waals surface area contributed by atoms with Crippen LogP contribution in [-0.4, -0.2) is 13.6 Å². The molecular formula is C16H20N2S. The highest BCUT2D eigenvalue weighted by atomic mass is 32.1. The summed E-state index contributed by atoms with van der Waals surface area (Å²) >= 11 is 1.81. The van der Waals surface area contributed by atoms with Crippen LogP contribution in [0.15, 0.2) is 35.7 Å². The fraction of sp³-hybridized carbons (Fsp3) is 0.375. The monoisotopic (exact) mass is 272 g/mol. The Balaban J connectivity index is 1.62. The molecule has 0 saturated carbocycles. The minimum atomic E-state index is 0.953. The number of aryl methyl sites for hydroxylation is 1. The lowest BCUT2D eigenvalue weighted by atomic mass is 9.99. The van der Waals surface area contributed by atoms with Gasteiger partial charge in [-0.15, -0.1) is 11.3 Å². The Bertz CT molecular complexity index is 534. The zero-order valence-electron chi connectivity index (χ0n) is 11.4. The van der Waals surface area contributed by atoms with Crippen molar-refractivity contribution in [2.45, 2.75) is 25.9 Å². The summed E-state index contributed by atoms with van der Waals surface area (Å²) < 4.78 is 0. The molecule has 0 saturated heterocycles. The van der Waals surface area contributed by atoms with E-state index in [9.17, 15) is 0 Å². The van der Waals surface area contributed by atoms with Crippen LogP contribution in [0.3, 0.4) is 0 Å².